The predicted molar refractivity (Wildman–Crippen MR) is 82.1 cm³/mol. The zero-order valence-corrected chi connectivity index (χ0v) is 11.9. The number of carbonyl (C=O) groups is 1. The largest absolute Gasteiger partial charge is 0.462 e. The number of benzene rings is 1. The highest BCUT2D eigenvalue weighted by molar-refractivity contribution is 6.07. The second kappa shape index (κ2) is 5.01. The number of rotatable bonds is 2. The van der Waals surface area contributed by atoms with Gasteiger partial charge in [-0.2, -0.15) is 0 Å². The van der Waals surface area contributed by atoms with Crippen molar-refractivity contribution in [3.8, 4) is 0 Å². The van der Waals surface area contributed by atoms with Crippen LogP contribution in [0, 0.1) is 6.92 Å². The van der Waals surface area contributed by atoms with E-state index in [1.54, 1.807) is 13.0 Å². The number of hydrogen-bond acceptors (Lipinski definition) is 5. The molecule has 0 saturated heterocycles. The topological polar surface area (TPSA) is 78.1 Å². The number of fused-ring (bicyclic) bond motifs is 3. The van der Waals surface area contributed by atoms with Gasteiger partial charge in [-0.1, -0.05) is 18.2 Å². The first-order valence-electron chi connectivity index (χ1n) is 6.74. The van der Waals surface area contributed by atoms with Crippen molar-refractivity contribution in [3.05, 3.63) is 41.6 Å². The minimum Gasteiger partial charge on any atom is -0.462 e. The van der Waals surface area contributed by atoms with E-state index in [-0.39, 0.29) is 11.4 Å². The van der Waals surface area contributed by atoms with Crippen molar-refractivity contribution >= 4 is 33.6 Å². The summed E-state index contributed by atoms with van der Waals surface area (Å²) in [6.45, 7) is 3.94. The molecule has 0 unspecified atom stereocenters. The Hall–Kier alpha value is -2.69. The summed E-state index contributed by atoms with van der Waals surface area (Å²) in [6.07, 6.45) is 0. The average molecular weight is 281 g/mol. The maximum absolute atomic E-state index is 11.9. The summed E-state index contributed by atoms with van der Waals surface area (Å²) in [6, 6.07) is 9.44. The van der Waals surface area contributed by atoms with Crippen molar-refractivity contribution in [1.29, 1.82) is 0 Å². The number of esters is 1. The highest BCUT2D eigenvalue weighted by Crippen LogP contribution is 2.27. The first-order valence-corrected chi connectivity index (χ1v) is 6.74. The summed E-state index contributed by atoms with van der Waals surface area (Å²) in [5.41, 5.74) is 8.63. The van der Waals surface area contributed by atoms with E-state index < -0.39 is 5.97 Å². The van der Waals surface area contributed by atoms with Crippen molar-refractivity contribution in [3.63, 3.8) is 0 Å². The van der Waals surface area contributed by atoms with Crippen molar-refractivity contribution in [2.75, 3.05) is 12.3 Å². The molecule has 3 aromatic rings. The summed E-state index contributed by atoms with van der Waals surface area (Å²) in [5.74, 6) is -0.284. The molecular formula is C16H15N3O2. The first kappa shape index (κ1) is 13.3. The first-order chi connectivity index (χ1) is 10.1. The molecule has 0 atom stereocenters. The number of para-hydroxylation sites is 1. The number of ether oxygens (including phenoxy) is 1. The molecule has 0 fully saturated rings. The lowest BCUT2D eigenvalue weighted by Crippen LogP contribution is -2.10. The number of carbonyl (C=O) groups excluding carboxylic acids is 1. The van der Waals surface area contributed by atoms with Crippen LogP contribution in [0.2, 0.25) is 0 Å². The molecule has 0 aliphatic rings. The maximum Gasteiger partial charge on any atom is 0.341 e. The Morgan fingerprint density at radius 1 is 1.24 bits per heavy atom. The Kier molecular flexibility index (Phi) is 3.17. The predicted octanol–water partition coefficient (Wildman–Crippen LogP) is 2.85. The second-order valence-corrected chi connectivity index (χ2v) is 4.75. The van der Waals surface area contributed by atoms with Crippen LogP contribution >= 0.6 is 0 Å². The summed E-state index contributed by atoms with van der Waals surface area (Å²) in [5, 5.41) is 1.73. The molecule has 0 bridgehead atoms. The van der Waals surface area contributed by atoms with Gasteiger partial charge in [-0.15, -0.1) is 0 Å². The monoisotopic (exact) mass is 281 g/mol. The van der Waals surface area contributed by atoms with E-state index in [4.69, 9.17) is 10.5 Å². The van der Waals surface area contributed by atoms with E-state index in [9.17, 15) is 4.79 Å². The van der Waals surface area contributed by atoms with E-state index in [1.165, 1.54) is 0 Å². The van der Waals surface area contributed by atoms with Crippen LogP contribution in [0.1, 0.15) is 23.0 Å². The lowest BCUT2D eigenvalue weighted by molar-refractivity contribution is 0.0527. The molecule has 0 aliphatic heterocycles. The highest BCUT2D eigenvalue weighted by atomic mass is 16.5. The Labute approximate surface area is 121 Å². The summed E-state index contributed by atoms with van der Waals surface area (Å²) >= 11 is 0. The number of aromatic nitrogens is 2. The van der Waals surface area contributed by atoms with Gasteiger partial charge in [-0.3, -0.25) is 4.98 Å². The van der Waals surface area contributed by atoms with Gasteiger partial charge in [0.15, 0.2) is 0 Å². The third-order valence-corrected chi connectivity index (χ3v) is 3.38. The molecule has 2 heterocycles. The standard InChI is InChI=1S/C16H15N3O2/c1-3-21-16(20)12-8-11-9(2)18-13-7-5-4-6-10(13)14(11)19-15(12)17/h4-8H,3H2,1-2H3,(H2,17,19). The van der Waals surface area contributed by atoms with Gasteiger partial charge in [-0.25, -0.2) is 9.78 Å². The third kappa shape index (κ3) is 2.16. The summed E-state index contributed by atoms with van der Waals surface area (Å²) < 4.78 is 5.01. The van der Waals surface area contributed by atoms with E-state index in [2.05, 4.69) is 9.97 Å². The summed E-state index contributed by atoms with van der Waals surface area (Å²) in [4.78, 5) is 20.9. The fraction of sp³-hybridized carbons (Fsp3) is 0.188. The van der Waals surface area contributed by atoms with Crippen molar-refractivity contribution in [1.82, 2.24) is 9.97 Å². The lowest BCUT2D eigenvalue weighted by Gasteiger charge is -2.10. The average Bonchev–Trinajstić information content (AvgIpc) is 2.47. The number of nitrogens with two attached hydrogens (primary N) is 1. The molecule has 0 amide bonds. The van der Waals surface area contributed by atoms with Gasteiger partial charge < -0.3 is 10.5 Å². The van der Waals surface area contributed by atoms with Crippen LogP contribution < -0.4 is 5.73 Å². The van der Waals surface area contributed by atoms with Crippen LogP contribution in [-0.2, 0) is 4.74 Å². The molecule has 21 heavy (non-hydrogen) atoms. The van der Waals surface area contributed by atoms with E-state index in [0.29, 0.717) is 6.61 Å². The van der Waals surface area contributed by atoms with Gasteiger partial charge in [0.2, 0.25) is 0 Å². The smallest absolute Gasteiger partial charge is 0.341 e. The molecule has 0 radical (unpaired) electrons. The number of pyridine rings is 2. The van der Waals surface area contributed by atoms with Gasteiger partial charge >= 0.3 is 5.97 Å². The van der Waals surface area contributed by atoms with Crippen LogP contribution in [0.25, 0.3) is 21.8 Å². The fourth-order valence-electron chi connectivity index (χ4n) is 2.39. The van der Waals surface area contributed by atoms with Gasteiger partial charge in [-0.05, 0) is 26.0 Å². The van der Waals surface area contributed by atoms with Gasteiger partial charge in [0, 0.05) is 16.5 Å². The Morgan fingerprint density at radius 2 is 2.00 bits per heavy atom. The Bertz CT molecular complexity index is 859. The van der Waals surface area contributed by atoms with E-state index in [1.807, 2.05) is 31.2 Å². The molecule has 0 saturated carbocycles. The Morgan fingerprint density at radius 3 is 2.76 bits per heavy atom. The number of hydrogen-bond donors (Lipinski definition) is 1. The van der Waals surface area contributed by atoms with Crippen LogP contribution in [0.3, 0.4) is 0 Å². The van der Waals surface area contributed by atoms with Gasteiger partial charge in [0.1, 0.15) is 11.4 Å². The molecule has 5 heteroatoms. The fourth-order valence-corrected chi connectivity index (χ4v) is 2.39. The summed E-state index contributed by atoms with van der Waals surface area (Å²) in [7, 11) is 0. The lowest BCUT2D eigenvalue weighted by atomic mass is 10.1. The molecule has 2 aromatic heterocycles. The Balaban J connectivity index is 2.34. The molecule has 106 valence electrons. The van der Waals surface area contributed by atoms with Gasteiger partial charge in [0.05, 0.1) is 17.6 Å². The van der Waals surface area contributed by atoms with Crippen molar-refractivity contribution in [2.45, 2.75) is 13.8 Å². The zero-order valence-electron chi connectivity index (χ0n) is 11.9. The minimum atomic E-state index is -0.461. The second-order valence-electron chi connectivity index (χ2n) is 4.75. The zero-order chi connectivity index (χ0) is 15.0. The molecule has 0 aliphatic carbocycles. The highest BCUT2D eigenvalue weighted by Gasteiger charge is 2.16. The van der Waals surface area contributed by atoms with E-state index >= 15 is 0 Å². The SMILES string of the molecule is CCOC(=O)c1cc2c(C)nc3ccccc3c2nc1N. The van der Waals surface area contributed by atoms with Crippen LogP contribution in [-0.4, -0.2) is 22.5 Å². The number of nitrogens with zero attached hydrogens (tertiary/aromatic N) is 2. The van der Waals surface area contributed by atoms with Crippen molar-refractivity contribution in [2.24, 2.45) is 0 Å². The van der Waals surface area contributed by atoms with Gasteiger partial charge in [0.25, 0.3) is 0 Å². The molecular weight excluding hydrogens is 266 g/mol. The number of nitrogen functional groups attached to an aromatic ring is 1. The van der Waals surface area contributed by atoms with Crippen molar-refractivity contribution < 1.29 is 9.53 Å². The quantitative estimate of drug-likeness (QED) is 0.577. The maximum atomic E-state index is 11.9. The minimum absolute atomic E-state index is 0.178. The molecule has 2 N–H and O–H groups in total. The number of aryl methyl sites for hydroxylation is 1. The van der Waals surface area contributed by atoms with Crippen LogP contribution in [0.5, 0.6) is 0 Å². The molecule has 0 spiro atoms. The molecule has 3 rings (SSSR count). The normalized spacial score (nSPS) is 11.0. The number of anilines is 1. The van der Waals surface area contributed by atoms with Crippen LogP contribution in [0.4, 0.5) is 5.82 Å². The van der Waals surface area contributed by atoms with Crippen LogP contribution in [0.15, 0.2) is 30.3 Å². The molecule has 1 aromatic carbocycles. The van der Waals surface area contributed by atoms with E-state index in [0.717, 1.165) is 27.5 Å². The molecule has 5 nitrogen and oxygen atoms in total. The third-order valence-electron chi connectivity index (χ3n) is 3.38.